The third-order valence-electron chi connectivity index (χ3n) is 6.23. The molecule has 5 rings (SSSR count). The van der Waals surface area contributed by atoms with Crippen molar-refractivity contribution in [3.8, 4) is 11.4 Å². The van der Waals surface area contributed by atoms with Crippen LogP contribution < -0.4 is 20.3 Å². The van der Waals surface area contributed by atoms with Crippen LogP contribution in [-0.2, 0) is 22.7 Å². The Bertz CT molecular complexity index is 1680. The predicted molar refractivity (Wildman–Crippen MR) is 160 cm³/mol. The van der Waals surface area contributed by atoms with Crippen LogP contribution in [0.5, 0.6) is 5.75 Å². The molecule has 15 heteroatoms. The minimum atomic E-state index is -4.76. The molecule has 0 aliphatic carbocycles. The first-order valence-electron chi connectivity index (χ1n) is 13.1. The summed E-state index contributed by atoms with van der Waals surface area (Å²) in [5.41, 5.74) is 4.29. The molecule has 0 spiro atoms. The van der Waals surface area contributed by atoms with Crippen LogP contribution in [0, 0.1) is 6.92 Å². The van der Waals surface area contributed by atoms with Crippen LogP contribution in [0.3, 0.4) is 0 Å². The van der Waals surface area contributed by atoms with Gasteiger partial charge in [-0.05, 0) is 60.5 Å². The molecule has 2 heterocycles. The quantitative estimate of drug-likeness (QED) is 0.236. The van der Waals surface area contributed by atoms with Gasteiger partial charge in [-0.1, -0.05) is 36.0 Å². The van der Waals surface area contributed by atoms with E-state index in [9.17, 15) is 22.8 Å². The van der Waals surface area contributed by atoms with Gasteiger partial charge in [-0.3, -0.25) is 9.69 Å². The fourth-order valence-electron chi connectivity index (χ4n) is 4.24. The van der Waals surface area contributed by atoms with E-state index < -0.39 is 12.4 Å². The molecule has 0 unspecified atom stereocenters. The van der Waals surface area contributed by atoms with E-state index in [1.807, 2.05) is 25.1 Å². The number of nitrogens with one attached hydrogen (secondary N) is 2. The Morgan fingerprint density at radius 1 is 1.09 bits per heavy atom. The van der Waals surface area contributed by atoms with Crippen molar-refractivity contribution in [1.29, 1.82) is 0 Å². The van der Waals surface area contributed by atoms with Gasteiger partial charge in [0, 0.05) is 24.9 Å². The zero-order valence-corrected chi connectivity index (χ0v) is 24.3. The molecule has 1 aromatic heterocycles. The van der Waals surface area contributed by atoms with Crippen LogP contribution in [0.25, 0.3) is 5.69 Å². The average molecular weight is 626 g/mol. The maximum absolute atomic E-state index is 12.8. The highest BCUT2D eigenvalue weighted by Gasteiger charge is 2.32. The van der Waals surface area contributed by atoms with Gasteiger partial charge in [-0.25, -0.2) is 14.5 Å². The van der Waals surface area contributed by atoms with Gasteiger partial charge in [-0.2, -0.15) is 4.99 Å². The molecule has 228 valence electrons. The van der Waals surface area contributed by atoms with Crippen LogP contribution >= 0.6 is 11.8 Å². The van der Waals surface area contributed by atoms with Gasteiger partial charge in [0.25, 0.3) is 0 Å². The van der Waals surface area contributed by atoms with Crippen molar-refractivity contribution in [2.75, 3.05) is 28.4 Å². The summed E-state index contributed by atoms with van der Waals surface area (Å²) >= 11 is 1.19. The normalized spacial score (nSPS) is 14.2. The van der Waals surface area contributed by atoms with E-state index in [2.05, 4.69) is 30.4 Å². The minimum absolute atomic E-state index is 0.171. The predicted octanol–water partition coefficient (Wildman–Crippen LogP) is 5.90. The number of carbonyl (C=O) groups excluding carboxylic acids is 2. The van der Waals surface area contributed by atoms with Crippen LogP contribution in [0.1, 0.15) is 16.7 Å². The number of benzene rings is 3. The standard InChI is InChI=1S/C29H26F3N7O4S/c1-18-3-6-20(15-42-2)24(13-18)39-25(40)16-44-28(39)36-27(41)35-21-7-4-19(5-8-21)14-33-26-34-17-38(37-26)22-9-11-23(12-10-22)43-29(30,31)32/h3-13,17H,14-16H2,1-2H3,(H,33,37)(H,35,41)/b36-28-. The first-order valence-corrected chi connectivity index (χ1v) is 14.1. The molecule has 11 nitrogen and oxygen atoms in total. The molecule has 3 aromatic carbocycles. The lowest BCUT2D eigenvalue weighted by Crippen LogP contribution is -2.31. The van der Waals surface area contributed by atoms with E-state index in [1.54, 1.807) is 31.4 Å². The highest BCUT2D eigenvalue weighted by atomic mass is 32.2. The Morgan fingerprint density at radius 3 is 2.55 bits per heavy atom. The van der Waals surface area contributed by atoms with E-state index in [-0.39, 0.29) is 22.6 Å². The summed E-state index contributed by atoms with van der Waals surface area (Å²) < 4.78 is 47.7. The SMILES string of the molecule is COCc1ccc(C)cc1N1C(=O)CS/C1=N\C(=O)Nc1ccc(CNc2ncn(-c3ccc(OC(F)(F)F)cc3)n2)cc1. The molecule has 1 fully saturated rings. The first-order chi connectivity index (χ1) is 21.1. The van der Waals surface area contributed by atoms with E-state index in [0.29, 0.717) is 36.2 Å². The van der Waals surface area contributed by atoms with Gasteiger partial charge in [0.2, 0.25) is 11.9 Å². The van der Waals surface area contributed by atoms with Gasteiger partial charge in [0.1, 0.15) is 12.1 Å². The second kappa shape index (κ2) is 13.2. The number of halogens is 3. The summed E-state index contributed by atoms with van der Waals surface area (Å²) in [6, 6.07) is 17.3. The van der Waals surface area contributed by atoms with Gasteiger partial charge in [-0.15, -0.1) is 18.3 Å². The van der Waals surface area contributed by atoms with Crippen molar-refractivity contribution in [3.63, 3.8) is 0 Å². The van der Waals surface area contributed by atoms with Crippen molar-refractivity contribution < 1.29 is 32.2 Å². The second-order valence-corrected chi connectivity index (χ2v) is 10.5. The van der Waals surface area contributed by atoms with E-state index in [1.165, 1.54) is 51.9 Å². The zero-order valence-electron chi connectivity index (χ0n) is 23.5. The number of aryl methyl sites for hydroxylation is 1. The number of nitrogens with zero attached hydrogens (tertiary/aromatic N) is 5. The molecular formula is C29H26F3N7O4S. The van der Waals surface area contributed by atoms with Crippen molar-refractivity contribution in [3.05, 3.63) is 89.7 Å². The molecule has 0 bridgehead atoms. The van der Waals surface area contributed by atoms with E-state index >= 15 is 0 Å². The minimum Gasteiger partial charge on any atom is -0.406 e. The number of carbonyl (C=O) groups is 2. The number of hydrogen-bond donors (Lipinski definition) is 2. The lowest BCUT2D eigenvalue weighted by Gasteiger charge is -2.20. The third-order valence-corrected chi connectivity index (χ3v) is 7.15. The number of amides is 3. The van der Waals surface area contributed by atoms with Crippen LogP contribution in [-0.4, -0.2) is 51.1 Å². The number of amidine groups is 1. The topological polar surface area (TPSA) is 123 Å². The number of alkyl halides is 3. The number of aromatic nitrogens is 3. The van der Waals surface area contributed by atoms with Crippen molar-refractivity contribution >= 4 is 46.2 Å². The molecule has 0 saturated carbocycles. The van der Waals surface area contributed by atoms with Crippen molar-refractivity contribution in [2.24, 2.45) is 4.99 Å². The summed E-state index contributed by atoms with van der Waals surface area (Å²) in [4.78, 5) is 35.3. The Labute approximate surface area is 254 Å². The molecule has 4 aromatic rings. The summed E-state index contributed by atoms with van der Waals surface area (Å²) in [5, 5.41) is 10.4. The molecular weight excluding hydrogens is 599 g/mol. The third kappa shape index (κ3) is 7.73. The Kier molecular flexibility index (Phi) is 9.15. The first kappa shape index (κ1) is 30.6. The smallest absolute Gasteiger partial charge is 0.406 e. The number of rotatable bonds is 9. The lowest BCUT2D eigenvalue weighted by atomic mass is 10.1. The van der Waals surface area contributed by atoms with Gasteiger partial charge in [0.05, 0.1) is 23.7 Å². The van der Waals surface area contributed by atoms with Crippen LogP contribution in [0.15, 0.2) is 78.0 Å². The number of urea groups is 1. The Balaban J connectivity index is 1.17. The van der Waals surface area contributed by atoms with Crippen molar-refractivity contribution in [2.45, 2.75) is 26.4 Å². The number of methoxy groups -OCH3 is 1. The number of anilines is 3. The number of ether oxygens (including phenoxy) is 2. The van der Waals surface area contributed by atoms with Crippen molar-refractivity contribution in [1.82, 2.24) is 14.8 Å². The lowest BCUT2D eigenvalue weighted by molar-refractivity contribution is -0.274. The monoisotopic (exact) mass is 625 g/mol. The summed E-state index contributed by atoms with van der Waals surface area (Å²) in [5.74, 6) is -0.0248. The van der Waals surface area contributed by atoms with Gasteiger partial charge in [0.15, 0.2) is 5.17 Å². The van der Waals surface area contributed by atoms with Gasteiger partial charge >= 0.3 is 12.4 Å². The van der Waals surface area contributed by atoms with Crippen LogP contribution in [0.4, 0.5) is 35.3 Å². The molecule has 0 radical (unpaired) electrons. The van der Waals surface area contributed by atoms with E-state index in [4.69, 9.17) is 4.74 Å². The largest absolute Gasteiger partial charge is 0.573 e. The molecule has 1 saturated heterocycles. The highest BCUT2D eigenvalue weighted by Crippen LogP contribution is 2.31. The molecule has 0 atom stereocenters. The maximum Gasteiger partial charge on any atom is 0.573 e. The fraction of sp³-hybridized carbons (Fsp3) is 0.207. The number of aliphatic imine (C=N–C) groups is 1. The molecule has 2 N–H and O–H groups in total. The summed E-state index contributed by atoms with van der Waals surface area (Å²) in [7, 11) is 1.57. The molecule has 1 aliphatic rings. The highest BCUT2D eigenvalue weighted by molar-refractivity contribution is 8.15. The number of hydrogen-bond acceptors (Lipinski definition) is 8. The Morgan fingerprint density at radius 2 is 1.84 bits per heavy atom. The van der Waals surface area contributed by atoms with Crippen LogP contribution in [0.2, 0.25) is 0 Å². The zero-order chi connectivity index (χ0) is 31.3. The average Bonchev–Trinajstić information content (AvgIpc) is 3.60. The molecule has 3 amide bonds. The summed E-state index contributed by atoms with van der Waals surface area (Å²) in [6.07, 6.45) is -3.34. The van der Waals surface area contributed by atoms with Gasteiger partial charge < -0.3 is 20.1 Å². The number of thioether (sulfide) groups is 1. The fourth-order valence-corrected chi connectivity index (χ4v) is 5.09. The second-order valence-electron chi connectivity index (χ2n) is 9.51. The Hall–Kier alpha value is -4.89. The maximum atomic E-state index is 12.8. The molecule has 1 aliphatic heterocycles. The van der Waals surface area contributed by atoms with E-state index in [0.717, 1.165) is 16.7 Å². The molecule has 44 heavy (non-hydrogen) atoms. The summed E-state index contributed by atoms with van der Waals surface area (Å²) in [6.45, 7) is 2.59.